The van der Waals surface area contributed by atoms with Crippen LogP contribution in [-0.4, -0.2) is 54.7 Å². The highest BCUT2D eigenvalue weighted by molar-refractivity contribution is 5.94. The highest BCUT2D eigenvalue weighted by Crippen LogP contribution is 2.41. The number of hydrogen-bond donors (Lipinski definition) is 3. The number of carbonyl (C=O) groups is 2. The van der Waals surface area contributed by atoms with Gasteiger partial charge in [-0.1, -0.05) is 0 Å². The van der Waals surface area contributed by atoms with Crippen molar-refractivity contribution in [1.82, 2.24) is 30.2 Å². The third-order valence-electron chi connectivity index (χ3n) is 7.78. The zero-order chi connectivity index (χ0) is 30.8. The Kier molecular flexibility index (Phi) is 8.81. The zero-order valence-electron chi connectivity index (χ0n) is 23.0. The van der Waals surface area contributed by atoms with E-state index >= 15 is 0 Å². The summed E-state index contributed by atoms with van der Waals surface area (Å²) in [6.45, 7) is 0. The third-order valence-corrected chi connectivity index (χ3v) is 7.78. The van der Waals surface area contributed by atoms with Gasteiger partial charge in [-0.05, 0) is 50.2 Å². The molecule has 2 aliphatic rings. The van der Waals surface area contributed by atoms with Gasteiger partial charge in [-0.3, -0.25) is 9.59 Å². The van der Waals surface area contributed by atoms with E-state index in [0.29, 0.717) is 11.6 Å². The van der Waals surface area contributed by atoms with E-state index in [1.165, 1.54) is 41.3 Å². The molecule has 2 fully saturated rings. The molecule has 0 aromatic carbocycles. The van der Waals surface area contributed by atoms with E-state index in [9.17, 15) is 36.6 Å². The number of carbonyl (C=O) groups excluding carboxylic acids is 2. The largest absolute Gasteiger partial charge is 0.474 e. The van der Waals surface area contributed by atoms with Crippen LogP contribution in [0.5, 0.6) is 5.88 Å². The standard InChI is InChI=1S/C28H31F5N6O4/c29-27(30)8-4-16(5-9-27)24(38-25(41)17-7-11-34-23(13-17)43-19-2-1-3-19)20-15-39-21(36-20)12-18(14-35-39)26(42)37-22(40)6-10-28(31,32)33/h7,11-16,19,24,26,42H,1-6,8-10H2,(H,37,40)(H,38,41)/t24-,26+/m0/s1. The van der Waals surface area contributed by atoms with Crippen LogP contribution in [0.4, 0.5) is 22.0 Å². The van der Waals surface area contributed by atoms with Crippen LogP contribution >= 0.6 is 0 Å². The van der Waals surface area contributed by atoms with Crippen LogP contribution in [0, 0.1) is 5.92 Å². The number of fused-ring (bicyclic) bond motifs is 1. The zero-order valence-corrected chi connectivity index (χ0v) is 23.0. The van der Waals surface area contributed by atoms with E-state index < -0.39 is 49.0 Å². The number of ether oxygens (including phenoxy) is 1. The number of aromatic nitrogens is 4. The average Bonchev–Trinajstić information content (AvgIpc) is 3.36. The second-order valence-electron chi connectivity index (χ2n) is 11.0. The van der Waals surface area contributed by atoms with Gasteiger partial charge in [0.05, 0.1) is 30.6 Å². The molecule has 3 aromatic rings. The second-order valence-corrected chi connectivity index (χ2v) is 11.0. The fraction of sp³-hybridized carbons (Fsp3) is 0.536. The van der Waals surface area contributed by atoms with E-state index in [2.05, 4.69) is 25.7 Å². The number of hydrogen-bond acceptors (Lipinski definition) is 7. The first kappa shape index (κ1) is 30.6. The van der Waals surface area contributed by atoms with Crippen molar-refractivity contribution in [2.75, 3.05) is 0 Å². The lowest BCUT2D eigenvalue weighted by Crippen LogP contribution is -2.37. The lowest BCUT2D eigenvalue weighted by Gasteiger charge is -2.33. The minimum atomic E-state index is -4.52. The van der Waals surface area contributed by atoms with Gasteiger partial charge in [0.25, 0.3) is 5.91 Å². The summed E-state index contributed by atoms with van der Waals surface area (Å²) < 4.78 is 72.4. The number of nitrogens with zero attached hydrogens (tertiary/aromatic N) is 4. The van der Waals surface area contributed by atoms with Crippen molar-refractivity contribution in [3.63, 3.8) is 0 Å². The molecule has 0 radical (unpaired) electrons. The molecule has 3 heterocycles. The molecular formula is C28H31F5N6O4. The quantitative estimate of drug-likeness (QED) is 0.222. The molecule has 3 aromatic heterocycles. The number of aliphatic hydroxyl groups excluding tert-OH is 1. The number of rotatable bonds is 10. The van der Waals surface area contributed by atoms with Crippen molar-refractivity contribution in [2.45, 2.75) is 88.3 Å². The maximum Gasteiger partial charge on any atom is 0.389 e. The molecule has 2 atom stereocenters. The van der Waals surface area contributed by atoms with Gasteiger partial charge in [-0.15, -0.1) is 0 Å². The molecular weight excluding hydrogens is 579 g/mol. The van der Waals surface area contributed by atoms with Crippen molar-refractivity contribution >= 4 is 17.5 Å². The first-order valence-corrected chi connectivity index (χ1v) is 14.1. The summed E-state index contributed by atoms with van der Waals surface area (Å²) in [6, 6.07) is 3.68. The van der Waals surface area contributed by atoms with E-state index in [1.54, 1.807) is 0 Å². The number of halogens is 5. The first-order valence-electron chi connectivity index (χ1n) is 14.1. The molecule has 43 heavy (non-hydrogen) atoms. The molecule has 0 unspecified atom stereocenters. The molecule has 2 aliphatic carbocycles. The molecule has 0 saturated heterocycles. The molecule has 0 aliphatic heterocycles. The monoisotopic (exact) mass is 610 g/mol. The van der Waals surface area contributed by atoms with E-state index in [1.807, 2.05) is 0 Å². The highest BCUT2D eigenvalue weighted by atomic mass is 19.4. The minimum absolute atomic E-state index is 0.0598. The molecule has 0 spiro atoms. The SMILES string of the molecule is O=C(CCC(F)(F)F)N[C@H](O)c1cnn2cc([C@@H](NC(=O)c3ccnc(OC4CCC4)c3)C3CCC(F)(F)CC3)nc2c1. The van der Waals surface area contributed by atoms with Crippen LogP contribution in [0.15, 0.2) is 36.8 Å². The van der Waals surface area contributed by atoms with Crippen LogP contribution in [-0.2, 0) is 4.79 Å². The van der Waals surface area contributed by atoms with Crippen molar-refractivity contribution < 1.29 is 41.4 Å². The predicted molar refractivity (Wildman–Crippen MR) is 141 cm³/mol. The molecule has 0 bridgehead atoms. The highest BCUT2D eigenvalue weighted by Gasteiger charge is 2.39. The summed E-state index contributed by atoms with van der Waals surface area (Å²) in [5.74, 6) is -4.30. The van der Waals surface area contributed by atoms with Gasteiger partial charge in [0.15, 0.2) is 11.9 Å². The van der Waals surface area contributed by atoms with E-state index in [0.717, 1.165) is 19.3 Å². The van der Waals surface area contributed by atoms with Crippen molar-refractivity contribution in [3.8, 4) is 5.88 Å². The maximum atomic E-state index is 14.0. The normalized spacial score (nSPS) is 18.9. The molecule has 10 nitrogen and oxygen atoms in total. The Labute approximate surface area is 243 Å². The molecule has 232 valence electrons. The lowest BCUT2D eigenvalue weighted by molar-refractivity contribution is -0.145. The van der Waals surface area contributed by atoms with Crippen LogP contribution in [0.1, 0.15) is 91.7 Å². The van der Waals surface area contributed by atoms with Crippen LogP contribution in [0.3, 0.4) is 0 Å². The Hall–Kier alpha value is -3.88. The fourth-order valence-corrected chi connectivity index (χ4v) is 5.10. The van der Waals surface area contributed by atoms with Crippen LogP contribution < -0.4 is 15.4 Å². The molecule has 2 saturated carbocycles. The second kappa shape index (κ2) is 12.4. The number of nitrogens with one attached hydrogen (secondary N) is 2. The smallest absolute Gasteiger partial charge is 0.389 e. The summed E-state index contributed by atoms with van der Waals surface area (Å²) in [7, 11) is 0. The third kappa shape index (κ3) is 7.94. The van der Waals surface area contributed by atoms with E-state index in [-0.39, 0.29) is 54.5 Å². The number of aliphatic hydroxyl groups is 1. The Morgan fingerprint density at radius 2 is 1.88 bits per heavy atom. The Bertz CT molecular complexity index is 1450. The number of pyridine rings is 1. The van der Waals surface area contributed by atoms with Gasteiger partial charge in [0.1, 0.15) is 6.10 Å². The topological polar surface area (TPSA) is 131 Å². The van der Waals surface area contributed by atoms with Crippen LogP contribution in [0.2, 0.25) is 0 Å². The van der Waals surface area contributed by atoms with Crippen molar-refractivity contribution in [1.29, 1.82) is 0 Å². The number of imidazole rings is 1. The molecule has 2 amide bonds. The summed E-state index contributed by atoms with van der Waals surface area (Å²) >= 11 is 0. The Balaban J connectivity index is 1.34. The van der Waals surface area contributed by atoms with E-state index in [4.69, 9.17) is 4.74 Å². The first-order chi connectivity index (χ1) is 20.3. The summed E-state index contributed by atoms with van der Waals surface area (Å²) in [4.78, 5) is 33.9. The predicted octanol–water partition coefficient (Wildman–Crippen LogP) is 4.80. The fourth-order valence-electron chi connectivity index (χ4n) is 5.10. The van der Waals surface area contributed by atoms with Gasteiger partial charge in [0.2, 0.25) is 17.7 Å². The maximum absolute atomic E-state index is 14.0. The summed E-state index contributed by atoms with van der Waals surface area (Å²) in [5.41, 5.74) is 0.899. The van der Waals surface area contributed by atoms with Crippen molar-refractivity contribution in [2.24, 2.45) is 5.92 Å². The van der Waals surface area contributed by atoms with Crippen LogP contribution in [0.25, 0.3) is 5.65 Å². The molecule has 15 heteroatoms. The molecule has 5 rings (SSSR count). The Morgan fingerprint density at radius 1 is 1.14 bits per heavy atom. The molecule has 3 N–H and O–H groups in total. The van der Waals surface area contributed by atoms with Gasteiger partial charge in [-0.25, -0.2) is 23.3 Å². The minimum Gasteiger partial charge on any atom is -0.474 e. The lowest BCUT2D eigenvalue weighted by atomic mass is 9.81. The summed E-state index contributed by atoms with van der Waals surface area (Å²) in [6.07, 6.45) is -1.58. The van der Waals surface area contributed by atoms with Gasteiger partial charge >= 0.3 is 6.18 Å². The van der Waals surface area contributed by atoms with Gasteiger partial charge in [-0.2, -0.15) is 18.3 Å². The number of alkyl halides is 5. The summed E-state index contributed by atoms with van der Waals surface area (Å²) in [5, 5.41) is 19.5. The van der Waals surface area contributed by atoms with Gasteiger partial charge < -0.3 is 20.5 Å². The van der Waals surface area contributed by atoms with Crippen molar-refractivity contribution in [3.05, 3.63) is 53.6 Å². The van der Waals surface area contributed by atoms with Gasteiger partial charge in [0, 0.05) is 42.7 Å². The average molecular weight is 611 g/mol. The Morgan fingerprint density at radius 3 is 2.56 bits per heavy atom. The number of amides is 2.